The summed E-state index contributed by atoms with van der Waals surface area (Å²) < 4.78 is 7.35. The fourth-order valence-corrected chi connectivity index (χ4v) is 2.24. The number of ether oxygens (including phenoxy) is 1. The van der Waals surface area contributed by atoms with E-state index < -0.39 is 0 Å². The second kappa shape index (κ2) is 5.42. The Morgan fingerprint density at radius 2 is 2.47 bits per heavy atom. The molecule has 1 aliphatic heterocycles. The molecule has 0 amide bonds. The Labute approximate surface area is 101 Å². The molecule has 5 heteroatoms. The number of nitrogens with one attached hydrogen (secondary N) is 1. The van der Waals surface area contributed by atoms with E-state index in [-0.39, 0.29) is 17.7 Å². The zero-order valence-corrected chi connectivity index (χ0v) is 10.3. The van der Waals surface area contributed by atoms with Crippen molar-refractivity contribution in [2.24, 2.45) is 5.92 Å². The summed E-state index contributed by atoms with van der Waals surface area (Å²) in [4.78, 5) is 16.4. The number of nitrogens with zero attached hydrogens (tertiary/aromatic N) is 2. The van der Waals surface area contributed by atoms with Crippen LogP contribution in [0.15, 0.2) is 12.4 Å². The Morgan fingerprint density at radius 3 is 3.18 bits per heavy atom. The predicted molar refractivity (Wildman–Crippen MR) is 63.8 cm³/mol. The van der Waals surface area contributed by atoms with E-state index in [1.165, 1.54) is 0 Å². The minimum Gasteiger partial charge on any atom is -0.379 e. The average Bonchev–Trinajstić information content (AvgIpc) is 2.96. The van der Waals surface area contributed by atoms with Crippen LogP contribution in [0, 0.1) is 5.92 Å². The van der Waals surface area contributed by atoms with Gasteiger partial charge in [0.15, 0.2) is 0 Å². The van der Waals surface area contributed by atoms with Crippen molar-refractivity contribution in [2.45, 2.75) is 25.9 Å². The largest absolute Gasteiger partial charge is 0.379 e. The van der Waals surface area contributed by atoms with Crippen LogP contribution in [0.25, 0.3) is 0 Å². The van der Waals surface area contributed by atoms with Gasteiger partial charge in [0.05, 0.1) is 25.6 Å². The number of Topliss-reactive ketones (excluding diaryl/α,β-unsaturated/α-hetero) is 1. The van der Waals surface area contributed by atoms with Crippen LogP contribution in [0.2, 0.25) is 0 Å². The number of likely N-dealkylation sites (N-methyl/N-ethyl adjacent to an activating group) is 1. The molecule has 0 radical (unpaired) electrons. The van der Waals surface area contributed by atoms with Crippen molar-refractivity contribution < 1.29 is 9.53 Å². The molecule has 0 saturated carbocycles. The zero-order valence-electron chi connectivity index (χ0n) is 10.3. The smallest absolute Gasteiger partial charge is 0.147 e. The van der Waals surface area contributed by atoms with E-state index in [4.69, 9.17) is 4.74 Å². The van der Waals surface area contributed by atoms with Gasteiger partial charge >= 0.3 is 0 Å². The lowest BCUT2D eigenvalue weighted by molar-refractivity contribution is -0.122. The predicted octanol–water partition coefficient (Wildman–Crippen LogP) is 0.249. The van der Waals surface area contributed by atoms with Crippen molar-refractivity contribution >= 4 is 5.78 Å². The summed E-state index contributed by atoms with van der Waals surface area (Å²) in [5.41, 5.74) is 0. The number of hydrogen-bond donors (Lipinski definition) is 1. The maximum atomic E-state index is 12.2. The third-order valence-electron chi connectivity index (χ3n) is 3.34. The van der Waals surface area contributed by atoms with Gasteiger partial charge in [-0.25, -0.2) is 4.98 Å². The van der Waals surface area contributed by atoms with E-state index >= 15 is 0 Å². The monoisotopic (exact) mass is 237 g/mol. The SMILES string of the molecule is CCn1ccnc1CC(=O)C1COCC1NC. The van der Waals surface area contributed by atoms with E-state index in [9.17, 15) is 4.79 Å². The van der Waals surface area contributed by atoms with Gasteiger partial charge in [-0.05, 0) is 14.0 Å². The minimum atomic E-state index is -0.0398. The van der Waals surface area contributed by atoms with Gasteiger partial charge in [0.1, 0.15) is 11.6 Å². The number of imidazole rings is 1. The number of aryl methyl sites for hydroxylation is 1. The molecule has 1 aromatic heterocycles. The molecule has 1 aliphatic rings. The van der Waals surface area contributed by atoms with Crippen LogP contribution in [-0.4, -0.2) is 41.6 Å². The standard InChI is InChI=1S/C12H19N3O2/c1-3-15-5-4-14-12(15)6-11(16)9-7-17-8-10(9)13-2/h4-5,9-10,13H,3,6-8H2,1-2H3. The van der Waals surface area contributed by atoms with E-state index in [0.717, 1.165) is 12.4 Å². The third kappa shape index (κ3) is 2.56. The van der Waals surface area contributed by atoms with Crippen molar-refractivity contribution in [1.29, 1.82) is 0 Å². The molecule has 1 aromatic rings. The van der Waals surface area contributed by atoms with E-state index in [1.54, 1.807) is 6.20 Å². The fourth-order valence-electron chi connectivity index (χ4n) is 2.24. The van der Waals surface area contributed by atoms with Gasteiger partial charge in [0.25, 0.3) is 0 Å². The number of rotatable bonds is 5. The average molecular weight is 237 g/mol. The molecule has 1 fully saturated rings. The highest BCUT2D eigenvalue weighted by molar-refractivity contribution is 5.83. The summed E-state index contributed by atoms with van der Waals surface area (Å²) in [6, 6.07) is 0.146. The number of ketones is 1. The van der Waals surface area contributed by atoms with E-state index in [2.05, 4.69) is 10.3 Å². The first-order valence-corrected chi connectivity index (χ1v) is 6.04. The molecule has 2 atom stereocenters. The summed E-state index contributed by atoms with van der Waals surface area (Å²) in [5.74, 6) is 1.02. The van der Waals surface area contributed by atoms with Gasteiger partial charge in [-0.15, -0.1) is 0 Å². The molecule has 1 N–H and O–H groups in total. The van der Waals surface area contributed by atoms with Gasteiger partial charge in [0.2, 0.25) is 0 Å². The Balaban J connectivity index is 2.01. The summed E-state index contributed by atoms with van der Waals surface area (Å²) in [6.45, 7) is 4.04. The van der Waals surface area contributed by atoms with Crippen LogP contribution < -0.4 is 5.32 Å². The molecule has 0 bridgehead atoms. The van der Waals surface area contributed by atoms with Crippen LogP contribution >= 0.6 is 0 Å². The van der Waals surface area contributed by atoms with Gasteiger partial charge in [-0.1, -0.05) is 0 Å². The number of aromatic nitrogens is 2. The van der Waals surface area contributed by atoms with Gasteiger partial charge < -0.3 is 14.6 Å². The maximum absolute atomic E-state index is 12.2. The molecule has 5 nitrogen and oxygen atoms in total. The molecule has 0 aliphatic carbocycles. The molecule has 2 heterocycles. The molecular formula is C12H19N3O2. The lowest BCUT2D eigenvalue weighted by atomic mass is 9.96. The van der Waals surface area contributed by atoms with Gasteiger partial charge in [-0.2, -0.15) is 0 Å². The topological polar surface area (TPSA) is 56.2 Å². The highest BCUT2D eigenvalue weighted by Crippen LogP contribution is 2.16. The molecule has 17 heavy (non-hydrogen) atoms. The quantitative estimate of drug-likeness (QED) is 0.797. The zero-order chi connectivity index (χ0) is 12.3. The molecule has 2 rings (SSSR count). The summed E-state index contributed by atoms with van der Waals surface area (Å²) in [5, 5.41) is 3.13. The molecule has 0 aromatic carbocycles. The van der Waals surface area contributed by atoms with E-state index in [0.29, 0.717) is 19.6 Å². The second-order valence-electron chi connectivity index (χ2n) is 4.31. The maximum Gasteiger partial charge on any atom is 0.147 e. The molecule has 2 unspecified atom stereocenters. The van der Waals surface area contributed by atoms with Crippen molar-refractivity contribution in [1.82, 2.24) is 14.9 Å². The molecule has 1 saturated heterocycles. The first kappa shape index (κ1) is 12.3. The Hall–Kier alpha value is -1.20. The molecule has 0 spiro atoms. The number of carbonyl (C=O) groups is 1. The fraction of sp³-hybridized carbons (Fsp3) is 0.667. The summed E-state index contributed by atoms with van der Waals surface area (Å²) in [7, 11) is 1.87. The number of carbonyl (C=O) groups excluding carboxylic acids is 1. The highest BCUT2D eigenvalue weighted by Gasteiger charge is 2.33. The summed E-state index contributed by atoms with van der Waals surface area (Å²) >= 11 is 0. The van der Waals surface area contributed by atoms with E-state index in [1.807, 2.05) is 24.7 Å². The lowest BCUT2D eigenvalue weighted by Gasteiger charge is -2.15. The van der Waals surface area contributed by atoms with Crippen LogP contribution in [-0.2, 0) is 22.5 Å². The Bertz CT molecular complexity index is 389. The van der Waals surface area contributed by atoms with Crippen molar-refractivity contribution in [3.8, 4) is 0 Å². The van der Waals surface area contributed by atoms with Crippen LogP contribution in [0.5, 0.6) is 0 Å². The Morgan fingerprint density at radius 1 is 1.65 bits per heavy atom. The van der Waals surface area contributed by atoms with Crippen LogP contribution in [0.3, 0.4) is 0 Å². The van der Waals surface area contributed by atoms with Crippen molar-refractivity contribution in [3.63, 3.8) is 0 Å². The lowest BCUT2D eigenvalue weighted by Crippen LogP contribution is -2.37. The van der Waals surface area contributed by atoms with Crippen molar-refractivity contribution in [2.75, 3.05) is 20.3 Å². The number of hydrogen-bond acceptors (Lipinski definition) is 4. The van der Waals surface area contributed by atoms with Gasteiger partial charge in [0, 0.05) is 25.0 Å². The Kier molecular flexibility index (Phi) is 3.91. The van der Waals surface area contributed by atoms with Crippen LogP contribution in [0.4, 0.5) is 0 Å². The molecular weight excluding hydrogens is 218 g/mol. The minimum absolute atomic E-state index is 0.0398. The normalized spacial score (nSPS) is 24.1. The first-order valence-electron chi connectivity index (χ1n) is 6.04. The third-order valence-corrected chi connectivity index (χ3v) is 3.34. The van der Waals surface area contributed by atoms with Crippen molar-refractivity contribution in [3.05, 3.63) is 18.2 Å². The van der Waals surface area contributed by atoms with Gasteiger partial charge in [-0.3, -0.25) is 4.79 Å². The molecule has 94 valence electrons. The second-order valence-corrected chi connectivity index (χ2v) is 4.31. The highest BCUT2D eigenvalue weighted by atomic mass is 16.5. The first-order chi connectivity index (χ1) is 8.26. The van der Waals surface area contributed by atoms with Crippen LogP contribution in [0.1, 0.15) is 12.7 Å². The summed E-state index contributed by atoms with van der Waals surface area (Å²) in [6.07, 6.45) is 4.04.